The van der Waals surface area contributed by atoms with E-state index in [2.05, 4.69) is 4.98 Å². The lowest BCUT2D eigenvalue weighted by Crippen LogP contribution is -1.94. The quantitative estimate of drug-likeness (QED) is 0.775. The zero-order valence-electron chi connectivity index (χ0n) is 8.66. The van der Waals surface area contributed by atoms with Crippen LogP contribution >= 0.6 is 0 Å². The van der Waals surface area contributed by atoms with Crippen LogP contribution in [0.15, 0.2) is 24.3 Å². The minimum Gasteiger partial charge on any atom is -0.506 e. The Hall–Kier alpha value is -1.64. The molecule has 0 amide bonds. The van der Waals surface area contributed by atoms with Gasteiger partial charge in [0.25, 0.3) is 0 Å². The van der Waals surface area contributed by atoms with Crippen molar-refractivity contribution < 1.29 is 9.50 Å². The van der Waals surface area contributed by atoms with E-state index in [1.54, 1.807) is 12.1 Å². The average Bonchev–Trinajstić information content (AvgIpc) is 2.17. The van der Waals surface area contributed by atoms with E-state index in [1.165, 1.54) is 12.1 Å². The van der Waals surface area contributed by atoms with Crippen molar-refractivity contribution in [2.45, 2.75) is 19.8 Å². The third-order valence-corrected chi connectivity index (χ3v) is 2.33. The summed E-state index contributed by atoms with van der Waals surface area (Å²) in [7, 11) is 0. The Labute approximate surface area is 87.4 Å². The Kier molecular flexibility index (Phi) is 2.31. The van der Waals surface area contributed by atoms with E-state index < -0.39 is 0 Å². The van der Waals surface area contributed by atoms with Gasteiger partial charge in [0.15, 0.2) is 0 Å². The molecule has 1 aromatic carbocycles. The predicted octanol–water partition coefficient (Wildman–Crippen LogP) is 3.20. The first-order valence-electron chi connectivity index (χ1n) is 4.87. The van der Waals surface area contributed by atoms with Crippen LogP contribution in [-0.4, -0.2) is 10.1 Å². The van der Waals surface area contributed by atoms with E-state index in [1.807, 2.05) is 13.8 Å². The molecule has 0 aliphatic rings. The summed E-state index contributed by atoms with van der Waals surface area (Å²) in [5.41, 5.74) is 1.18. The van der Waals surface area contributed by atoms with E-state index in [-0.39, 0.29) is 17.5 Å². The molecule has 1 aromatic heterocycles. The van der Waals surface area contributed by atoms with Crippen LogP contribution in [0.3, 0.4) is 0 Å². The Bertz CT molecular complexity index is 508. The Morgan fingerprint density at radius 2 is 2.00 bits per heavy atom. The van der Waals surface area contributed by atoms with Crippen molar-refractivity contribution in [3.63, 3.8) is 0 Å². The van der Waals surface area contributed by atoms with Crippen LogP contribution in [0.4, 0.5) is 4.39 Å². The number of nitrogens with zero attached hydrogens (tertiary/aromatic N) is 1. The number of rotatable bonds is 1. The van der Waals surface area contributed by atoms with Crippen molar-refractivity contribution >= 4 is 10.9 Å². The maximum atomic E-state index is 13.0. The smallest absolute Gasteiger partial charge is 0.137 e. The Balaban J connectivity index is 2.72. The van der Waals surface area contributed by atoms with Gasteiger partial charge in [-0.1, -0.05) is 13.8 Å². The molecule has 2 nitrogen and oxygen atoms in total. The van der Waals surface area contributed by atoms with E-state index in [0.29, 0.717) is 11.2 Å². The van der Waals surface area contributed by atoms with Gasteiger partial charge in [-0.15, -0.1) is 0 Å². The lowest BCUT2D eigenvalue weighted by Gasteiger charge is -2.08. The van der Waals surface area contributed by atoms with Crippen LogP contribution in [0.5, 0.6) is 5.75 Å². The second-order valence-electron chi connectivity index (χ2n) is 3.88. The molecule has 0 fully saturated rings. The third kappa shape index (κ3) is 1.77. The first-order valence-corrected chi connectivity index (χ1v) is 4.87. The van der Waals surface area contributed by atoms with Crippen LogP contribution in [0.2, 0.25) is 0 Å². The van der Waals surface area contributed by atoms with Crippen molar-refractivity contribution in [1.82, 2.24) is 4.98 Å². The van der Waals surface area contributed by atoms with Gasteiger partial charge in [0.05, 0.1) is 11.2 Å². The fourth-order valence-electron chi connectivity index (χ4n) is 1.57. The van der Waals surface area contributed by atoms with Gasteiger partial charge >= 0.3 is 0 Å². The fourth-order valence-corrected chi connectivity index (χ4v) is 1.57. The summed E-state index contributed by atoms with van der Waals surface area (Å²) >= 11 is 0. The van der Waals surface area contributed by atoms with Crippen LogP contribution < -0.4 is 0 Å². The molecule has 0 radical (unpaired) electrons. The summed E-state index contributed by atoms with van der Waals surface area (Å²) < 4.78 is 13.0. The first kappa shape index (κ1) is 9.90. The third-order valence-electron chi connectivity index (χ3n) is 2.33. The molecule has 3 heteroatoms. The molecule has 0 aliphatic heterocycles. The van der Waals surface area contributed by atoms with Gasteiger partial charge in [0.1, 0.15) is 11.6 Å². The summed E-state index contributed by atoms with van der Waals surface area (Å²) in [6, 6.07) is 5.97. The molecular formula is C12H12FNO. The molecule has 1 N–H and O–H groups in total. The van der Waals surface area contributed by atoms with Crippen molar-refractivity contribution in [1.29, 1.82) is 0 Å². The van der Waals surface area contributed by atoms with Gasteiger partial charge < -0.3 is 5.11 Å². The molecule has 78 valence electrons. The van der Waals surface area contributed by atoms with E-state index in [0.717, 1.165) is 5.39 Å². The largest absolute Gasteiger partial charge is 0.506 e. The summed E-state index contributed by atoms with van der Waals surface area (Å²) in [6.45, 7) is 3.88. The van der Waals surface area contributed by atoms with Crippen LogP contribution in [0.1, 0.15) is 25.5 Å². The predicted molar refractivity (Wildman–Crippen MR) is 57.5 cm³/mol. The lowest BCUT2D eigenvalue weighted by atomic mass is 10.1. The molecule has 0 aliphatic carbocycles. The number of benzene rings is 1. The highest BCUT2D eigenvalue weighted by Gasteiger charge is 2.09. The number of halogens is 1. The normalized spacial score (nSPS) is 11.2. The van der Waals surface area contributed by atoms with Gasteiger partial charge in [0.2, 0.25) is 0 Å². The van der Waals surface area contributed by atoms with Crippen molar-refractivity contribution in [3.05, 3.63) is 35.8 Å². The van der Waals surface area contributed by atoms with Crippen molar-refractivity contribution in [2.75, 3.05) is 0 Å². The molecule has 0 saturated carbocycles. The van der Waals surface area contributed by atoms with Gasteiger partial charge in [0, 0.05) is 11.5 Å². The highest BCUT2D eigenvalue weighted by atomic mass is 19.1. The fraction of sp³-hybridized carbons (Fsp3) is 0.250. The summed E-state index contributed by atoms with van der Waals surface area (Å²) in [5.74, 6) is -0.0165. The molecule has 1 heterocycles. The van der Waals surface area contributed by atoms with E-state index in [9.17, 15) is 9.50 Å². The topological polar surface area (TPSA) is 33.1 Å². The van der Waals surface area contributed by atoms with Gasteiger partial charge in [-0.3, -0.25) is 0 Å². The lowest BCUT2D eigenvalue weighted by molar-refractivity contribution is 0.461. The second kappa shape index (κ2) is 3.50. The number of fused-ring (bicyclic) bond motifs is 1. The molecule has 0 unspecified atom stereocenters. The Morgan fingerprint density at radius 3 is 2.67 bits per heavy atom. The molecule has 0 spiro atoms. The summed E-state index contributed by atoms with van der Waals surface area (Å²) in [5, 5.41) is 10.4. The monoisotopic (exact) mass is 205 g/mol. The molecule has 0 atom stereocenters. The van der Waals surface area contributed by atoms with Crippen LogP contribution in [-0.2, 0) is 0 Å². The zero-order chi connectivity index (χ0) is 11.0. The first-order chi connectivity index (χ1) is 7.08. The Morgan fingerprint density at radius 1 is 1.27 bits per heavy atom. The van der Waals surface area contributed by atoms with Crippen molar-refractivity contribution in [3.8, 4) is 5.75 Å². The number of aromatic nitrogens is 1. The summed E-state index contributed by atoms with van der Waals surface area (Å²) in [6.07, 6.45) is 0. The van der Waals surface area contributed by atoms with Gasteiger partial charge in [-0.2, -0.15) is 0 Å². The van der Waals surface area contributed by atoms with Gasteiger partial charge in [-0.25, -0.2) is 9.37 Å². The summed E-state index contributed by atoms with van der Waals surface area (Å²) in [4.78, 5) is 4.25. The van der Waals surface area contributed by atoms with Crippen LogP contribution in [0.25, 0.3) is 10.9 Å². The van der Waals surface area contributed by atoms with Gasteiger partial charge in [-0.05, 0) is 24.1 Å². The highest BCUT2D eigenvalue weighted by Crippen LogP contribution is 2.27. The molecule has 2 aromatic rings. The maximum absolute atomic E-state index is 13.0. The number of hydrogen-bond acceptors (Lipinski definition) is 2. The number of hydrogen-bond donors (Lipinski definition) is 1. The maximum Gasteiger partial charge on any atom is 0.137 e. The minimum absolute atomic E-state index is 0.123. The number of pyridine rings is 1. The molecule has 2 rings (SSSR count). The SMILES string of the molecule is CC(C)c1nc2cc(F)ccc2cc1O. The minimum atomic E-state index is -0.310. The van der Waals surface area contributed by atoms with Crippen LogP contribution in [0, 0.1) is 5.82 Å². The molecule has 0 bridgehead atoms. The molecule has 15 heavy (non-hydrogen) atoms. The molecule has 0 saturated heterocycles. The highest BCUT2D eigenvalue weighted by molar-refractivity contribution is 5.80. The standard InChI is InChI=1S/C12H12FNO/c1-7(2)12-11(15)5-8-3-4-9(13)6-10(8)14-12/h3-7,15H,1-2H3. The van der Waals surface area contributed by atoms with E-state index >= 15 is 0 Å². The number of aromatic hydroxyl groups is 1. The zero-order valence-corrected chi connectivity index (χ0v) is 8.66. The second-order valence-corrected chi connectivity index (χ2v) is 3.88. The average molecular weight is 205 g/mol. The van der Waals surface area contributed by atoms with E-state index in [4.69, 9.17) is 0 Å². The molecular weight excluding hydrogens is 193 g/mol. The van der Waals surface area contributed by atoms with Crippen molar-refractivity contribution in [2.24, 2.45) is 0 Å².